The van der Waals surface area contributed by atoms with Crippen LogP contribution in [0.4, 0.5) is 0 Å². The Morgan fingerprint density at radius 1 is 0.440 bits per heavy atom. The predicted molar refractivity (Wildman–Crippen MR) is 110 cm³/mol. The molecule has 0 spiro atoms. The first-order chi connectivity index (χ1) is 12.4. The first kappa shape index (κ1) is 14.4. The summed E-state index contributed by atoms with van der Waals surface area (Å²) in [5.74, 6) is 0. The van der Waals surface area contributed by atoms with Crippen molar-refractivity contribution < 1.29 is 0 Å². The van der Waals surface area contributed by atoms with E-state index >= 15 is 0 Å². The summed E-state index contributed by atoms with van der Waals surface area (Å²) in [5.41, 5.74) is 5.10. The number of thiophene rings is 1. The lowest BCUT2D eigenvalue weighted by Gasteiger charge is -2.10. The predicted octanol–water partition coefficient (Wildman–Crippen LogP) is 7.39. The molecule has 0 aliphatic heterocycles. The average molecular weight is 336 g/mol. The van der Waals surface area contributed by atoms with E-state index in [1.807, 2.05) is 11.3 Å². The zero-order valence-electron chi connectivity index (χ0n) is 13.6. The van der Waals surface area contributed by atoms with Crippen molar-refractivity contribution in [2.75, 3.05) is 0 Å². The second-order valence-electron chi connectivity index (χ2n) is 6.22. The maximum atomic E-state index is 2.34. The molecule has 5 rings (SSSR count). The van der Waals surface area contributed by atoms with Crippen LogP contribution in [0.15, 0.2) is 97.1 Å². The molecule has 1 aromatic heterocycles. The molecule has 0 saturated carbocycles. The van der Waals surface area contributed by atoms with Crippen LogP contribution in [0.25, 0.3) is 42.4 Å². The largest absolute Gasteiger partial charge is 0.135 e. The van der Waals surface area contributed by atoms with Gasteiger partial charge >= 0.3 is 0 Å². The van der Waals surface area contributed by atoms with Gasteiger partial charge < -0.3 is 0 Å². The van der Waals surface area contributed by atoms with Gasteiger partial charge in [0.1, 0.15) is 0 Å². The van der Waals surface area contributed by atoms with E-state index in [0.29, 0.717) is 0 Å². The molecule has 0 amide bonds. The smallest absolute Gasteiger partial charge is 0.0361 e. The van der Waals surface area contributed by atoms with Crippen molar-refractivity contribution in [1.82, 2.24) is 0 Å². The minimum Gasteiger partial charge on any atom is -0.135 e. The van der Waals surface area contributed by atoms with Gasteiger partial charge in [-0.05, 0) is 34.4 Å². The SMILES string of the molecule is c1ccc(-c2ccccc2-c2ccc3c(c2)sc2ccccc23)cc1. The quantitative estimate of drug-likeness (QED) is 0.315. The standard InChI is InChI=1S/C24H16S/c1-2-8-17(9-3-1)19-10-4-5-11-20(19)18-14-15-22-21-12-6-7-13-23(21)25-24(22)16-18/h1-16H. The fourth-order valence-corrected chi connectivity index (χ4v) is 4.64. The summed E-state index contributed by atoms with van der Waals surface area (Å²) in [6.45, 7) is 0. The summed E-state index contributed by atoms with van der Waals surface area (Å²) < 4.78 is 2.70. The van der Waals surface area contributed by atoms with Crippen molar-refractivity contribution in [1.29, 1.82) is 0 Å². The van der Waals surface area contributed by atoms with Crippen LogP contribution in [-0.2, 0) is 0 Å². The molecule has 0 unspecified atom stereocenters. The highest BCUT2D eigenvalue weighted by Gasteiger charge is 2.09. The maximum Gasteiger partial charge on any atom is 0.0361 e. The Hall–Kier alpha value is -2.90. The Kier molecular flexibility index (Phi) is 3.39. The molecule has 0 aliphatic rings. The summed E-state index contributed by atoms with van der Waals surface area (Å²) >= 11 is 1.87. The van der Waals surface area contributed by atoms with Crippen LogP contribution in [0.2, 0.25) is 0 Å². The van der Waals surface area contributed by atoms with Crippen LogP contribution in [0.3, 0.4) is 0 Å². The van der Waals surface area contributed by atoms with Crippen LogP contribution < -0.4 is 0 Å². The third-order valence-corrected chi connectivity index (χ3v) is 5.84. The molecule has 0 fully saturated rings. The van der Waals surface area contributed by atoms with Gasteiger partial charge in [-0.25, -0.2) is 0 Å². The van der Waals surface area contributed by atoms with E-state index in [-0.39, 0.29) is 0 Å². The van der Waals surface area contributed by atoms with Crippen LogP contribution in [0.1, 0.15) is 0 Å². The first-order valence-corrected chi connectivity index (χ1v) is 9.28. The van der Waals surface area contributed by atoms with Gasteiger partial charge in [-0.1, -0.05) is 84.9 Å². The molecule has 0 atom stereocenters. The lowest BCUT2D eigenvalue weighted by molar-refractivity contribution is 1.60. The molecular weight excluding hydrogens is 320 g/mol. The van der Waals surface area contributed by atoms with E-state index in [9.17, 15) is 0 Å². The second kappa shape index (κ2) is 5.87. The number of benzene rings is 4. The summed E-state index contributed by atoms with van der Waals surface area (Å²) in [6, 6.07) is 34.8. The Morgan fingerprint density at radius 2 is 1.08 bits per heavy atom. The molecule has 0 N–H and O–H groups in total. The summed E-state index contributed by atoms with van der Waals surface area (Å²) in [7, 11) is 0. The van der Waals surface area contributed by atoms with Crippen molar-refractivity contribution in [2.24, 2.45) is 0 Å². The molecule has 25 heavy (non-hydrogen) atoms. The molecule has 0 saturated heterocycles. The lowest BCUT2D eigenvalue weighted by Crippen LogP contribution is -1.84. The normalized spacial score (nSPS) is 11.2. The molecule has 118 valence electrons. The zero-order chi connectivity index (χ0) is 16.6. The van der Waals surface area contributed by atoms with Crippen molar-refractivity contribution in [3.8, 4) is 22.3 Å². The van der Waals surface area contributed by atoms with Crippen molar-refractivity contribution in [3.63, 3.8) is 0 Å². The van der Waals surface area contributed by atoms with Crippen LogP contribution in [0.5, 0.6) is 0 Å². The van der Waals surface area contributed by atoms with Crippen LogP contribution in [-0.4, -0.2) is 0 Å². The zero-order valence-corrected chi connectivity index (χ0v) is 14.5. The van der Waals surface area contributed by atoms with E-state index in [0.717, 1.165) is 0 Å². The van der Waals surface area contributed by atoms with Gasteiger partial charge in [-0.2, -0.15) is 0 Å². The van der Waals surface area contributed by atoms with Gasteiger partial charge in [0, 0.05) is 20.2 Å². The number of fused-ring (bicyclic) bond motifs is 3. The minimum absolute atomic E-state index is 1.26. The maximum absolute atomic E-state index is 2.34. The molecule has 1 heteroatoms. The number of hydrogen-bond acceptors (Lipinski definition) is 1. The van der Waals surface area contributed by atoms with E-state index < -0.39 is 0 Å². The fraction of sp³-hybridized carbons (Fsp3) is 0. The first-order valence-electron chi connectivity index (χ1n) is 8.46. The summed E-state index contributed by atoms with van der Waals surface area (Å²) in [4.78, 5) is 0. The lowest BCUT2D eigenvalue weighted by atomic mass is 9.94. The van der Waals surface area contributed by atoms with Gasteiger partial charge in [-0.15, -0.1) is 11.3 Å². The van der Waals surface area contributed by atoms with E-state index in [4.69, 9.17) is 0 Å². The summed E-state index contributed by atoms with van der Waals surface area (Å²) in [6.07, 6.45) is 0. The van der Waals surface area contributed by atoms with Gasteiger partial charge in [0.25, 0.3) is 0 Å². The van der Waals surface area contributed by atoms with Gasteiger partial charge in [-0.3, -0.25) is 0 Å². The van der Waals surface area contributed by atoms with Gasteiger partial charge in [0.15, 0.2) is 0 Å². The van der Waals surface area contributed by atoms with Crippen molar-refractivity contribution >= 4 is 31.5 Å². The average Bonchev–Trinajstić information content (AvgIpc) is 3.06. The highest BCUT2D eigenvalue weighted by atomic mass is 32.1. The van der Waals surface area contributed by atoms with E-state index in [1.165, 1.54) is 42.4 Å². The molecule has 0 aliphatic carbocycles. The molecule has 0 nitrogen and oxygen atoms in total. The Balaban J connectivity index is 1.73. The third-order valence-electron chi connectivity index (χ3n) is 4.70. The molecule has 0 radical (unpaired) electrons. The Bertz CT molecular complexity index is 1180. The van der Waals surface area contributed by atoms with Crippen molar-refractivity contribution in [3.05, 3.63) is 97.1 Å². The monoisotopic (exact) mass is 336 g/mol. The van der Waals surface area contributed by atoms with Crippen molar-refractivity contribution in [2.45, 2.75) is 0 Å². The third kappa shape index (κ3) is 2.45. The van der Waals surface area contributed by atoms with E-state index in [1.54, 1.807) is 0 Å². The van der Waals surface area contributed by atoms with Gasteiger partial charge in [0.2, 0.25) is 0 Å². The van der Waals surface area contributed by atoms with Crippen LogP contribution in [0, 0.1) is 0 Å². The highest BCUT2D eigenvalue weighted by molar-refractivity contribution is 7.25. The molecule has 0 bridgehead atoms. The number of rotatable bonds is 2. The number of hydrogen-bond donors (Lipinski definition) is 0. The minimum atomic E-state index is 1.26. The topological polar surface area (TPSA) is 0 Å². The molecule has 4 aromatic carbocycles. The fourth-order valence-electron chi connectivity index (χ4n) is 3.50. The Labute approximate surface area is 151 Å². The molecule has 5 aromatic rings. The second-order valence-corrected chi connectivity index (χ2v) is 7.30. The van der Waals surface area contributed by atoms with E-state index in [2.05, 4.69) is 97.1 Å². The summed E-state index contributed by atoms with van der Waals surface area (Å²) in [5, 5.41) is 2.70. The molecular formula is C24H16S. The highest BCUT2D eigenvalue weighted by Crippen LogP contribution is 2.38. The molecule has 1 heterocycles. The van der Waals surface area contributed by atoms with Gasteiger partial charge in [0.05, 0.1) is 0 Å². The Morgan fingerprint density at radius 3 is 1.92 bits per heavy atom. The van der Waals surface area contributed by atoms with Crippen LogP contribution >= 0.6 is 11.3 Å².